The van der Waals surface area contributed by atoms with Crippen LogP contribution >= 0.6 is 0 Å². The highest BCUT2D eigenvalue weighted by molar-refractivity contribution is 5.50. The molecular formula is C12H16N4. The van der Waals surface area contributed by atoms with Crippen molar-refractivity contribution in [2.75, 3.05) is 5.32 Å². The lowest BCUT2D eigenvalue weighted by atomic mass is 9.87. The molecule has 0 aliphatic heterocycles. The molecule has 0 bridgehead atoms. The first-order chi connectivity index (χ1) is 7.79. The molecule has 1 aromatic rings. The molecule has 4 heteroatoms. The van der Waals surface area contributed by atoms with Gasteiger partial charge in [-0.15, -0.1) is 5.10 Å². The Labute approximate surface area is 95.7 Å². The Morgan fingerprint density at radius 3 is 2.81 bits per heavy atom. The van der Waals surface area contributed by atoms with E-state index in [1.165, 1.54) is 12.8 Å². The van der Waals surface area contributed by atoms with Gasteiger partial charge in [-0.1, -0.05) is 6.92 Å². The zero-order valence-electron chi connectivity index (χ0n) is 9.48. The van der Waals surface area contributed by atoms with E-state index in [1.807, 2.05) is 0 Å². The largest absolute Gasteiger partial charge is 0.365 e. The van der Waals surface area contributed by atoms with Crippen LogP contribution in [0.4, 0.5) is 5.82 Å². The van der Waals surface area contributed by atoms with Crippen LogP contribution in [0.5, 0.6) is 0 Å². The smallest absolute Gasteiger partial charge is 0.166 e. The summed E-state index contributed by atoms with van der Waals surface area (Å²) in [5, 5.41) is 20.0. The molecule has 0 saturated heterocycles. The second-order valence-electron chi connectivity index (χ2n) is 4.51. The first-order valence-electron chi connectivity index (χ1n) is 5.78. The molecule has 1 saturated carbocycles. The lowest BCUT2D eigenvalue weighted by molar-refractivity contribution is 0.360. The van der Waals surface area contributed by atoms with Crippen LogP contribution in [0, 0.1) is 17.2 Å². The zero-order chi connectivity index (χ0) is 11.4. The summed E-state index contributed by atoms with van der Waals surface area (Å²) in [6.45, 7) is 2.29. The third-order valence-corrected chi connectivity index (χ3v) is 3.20. The maximum Gasteiger partial charge on any atom is 0.166 e. The summed E-state index contributed by atoms with van der Waals surface area (Å²) in [4.78, 5) is 0. The van der Waals surface area contributed by atoms with Crippen molar-refractivity contribution in [2.24, 2.45) is 5.92 Å². The summed E-state index contributed by atoms with van der Waals surface area (Å²) >= 11 is 0. The molecule has 1 heterocycles. The highest BCUT2D eigenvalue weighted by Gasteiger charge is 2.19. The van der Waals surface area contributed by atoms with Gasteiger partial charge >= 0.3 is 0 Å². The third kappa shape index (κ3) is 2.48. The van der Waals surface area contributed by atoms with E-state index in [1.54, 1.807) is 12.3 Å². The summed E-state index contributed by atoms with van der Waals surface area (Å²) in [5.41, 5.74) is 0.577. The van der Waals surface area contributed by atoms with Gasteiger partial charge in [0.1, 0.15) is 6.07 Å². The summed E-state index contributed by atoms with van der Waals surface area (Å²) in [6, 6.07) is 4.27. The van der Waals surface area contributed by atoms with E-state index in [4.69, 9.17) is 5.26 Å². The maximum absolute atomic E-state index is 8.93. The molecule has 84 valence electrons. The number of hydrogen-bond donors (Lipinski definition) is 1. The van der Waals surface area contributed by atoms with Gasteiger partial charge in [0.15, 0.2) is 5.82 Å². The Balaban J connectivity index is 2.01. The lowest BCUT2D eigenvalue weighted by Crippen LogP contribution is -2.26. The van der Waals surface area contributed by atoms with Crippen LogP contribution in [0.2, 0.25) is 0 Å². The van der Waals surface area contributed by atoms with Gasteiger partial charge in [0.2, 0.25) is 0 Å². The molecule has 4 nitrogen and oxygen atoms in total. The Kier molecular flexibility index (Phi) is 3.35. The molecule has 0 atom stereocenters. The van der Waals surface area contributed by atoms with Crippen molar-refractivity contribution < 1.29 is 0 Å². The second kappa shape index (κ2) is 4.93. The van der Waals surface area contributed by atoms with Crippen molar-refractivity contribution >= 4 is 5.82 Å². The summed E-state index contributed by atoms with van der Waals surface area (Å²) in [6.07, 6.45) is 6.36. The van der Waals surface area contributed by atoms with Gasteiger partial charge in [-0.05, 0) is 37.7 Å². The summed E-state index contributed by atoms with van der Waals surface area (Å²) in [5.74, 6) is 1.46. The quantitative estimate of drug-likeness (QED) is 0.824. The predicted octanol–water partition coefficient (Wildman–Crippen LogP) is 2.34. The first kappa shape index (κ1) is 10.9. The van der Waals surface area contributed by atoms with E-state index in [9.17, 15) is 0 Å². The minimum atomic E-state index is 0.444. The molecule has 0 amide bonds. The molecule has 16 heavy (non-hydrogen) atoms. The van der Waals surface area contributed by atoms with Gasteiger partial charge in [-0.3, -0.25) is 0 Å². The van der Waals surface area contributed by atoms with E-state index in [0.717, 1.165) is 18.8 Å². The highest BCUT2D eigenvalue weighted by Crippen LogP contribution is 2.25. The van der Waals surface area contributed by atoms with E-state index < -0.39 is 0 Å². The zero-order valence-corrected chi connectivity index (χ0v) is 9.48. The SMILES string of the molecule is CC1CCC(Nc2nnccc2C#N)CC1. The average molecular weight is 216 g/mol. The van der Waals surface area contributed by atoms with Crippen LogP contribution in [0.3, 0.4) is 0 Å². The Bertz CT molecular complexity index is 388. The van der Waals surface area contributed by atoms with Gasteiger partial charge < -0.3 is 5.32 Å². The van der Waals surface area contributed by atoms with Crippen molar-refractivity contribution in [3.8, 4) is 6.07 Å². The molecule has 0 aromatic carbocycles. The molecule has 0 unspecified atom stereocenters. The number of hydrogen-bond acceptors (Lipinski definition) is 4. The number of nitriles is 1. The van der Waals surface area contributed by atoms with Crippen molar-refractivity contribution in [1.29, 1.82) is 5.26 Å². The van der Waals surface area contributed by atoms with E-state index in [-0.39, 0.29) is 0 Å². The fourth-order valence-electron chi connectivity index (χ4n) is 2.13. The van der Waals surface area contributed by atoms with Crippen LogP contribution in [0.1, 0.15) is 38.2 Å². The van der Waals surface area contributed by atoms with Crippen LogP contribution in [0.25, 0.3) is 0 Å². The summed E-state index contributed by atoms with van der Waals surface area (Å²) in [7, 11) is 0. The molecule has 1 N–H and O–H groups in total. The molecular weight excluding hydrogens is 200 g/mol. The third-order valence-electron chi connectivity index (χ3n) is 3.20. The maximum atomic E-state index is 8.93. The second-order valence-corrected chi connectivity index (χ2v) is 4.51. The highest BCUT2D eigenvalue weighted by atomic mass is 15.2. The van der Waals surface area contributed by atoms with E-state index in [2.05, 4.69) is 28.5 Å². The van der Waals surface area contributed by atoms with Crippen LogP contribution in [-0.2, 0) is 0 Å². The van der Waals surface area contributed by atoms with Crippen LogP contribution in [-0.4, -0.2) is 16.2 Å². The lowest BCUT2D eigenvalue weighted by Gasteiger charge is -2.27. The topological polar surface area (TPSA) is 61.6 Å². The number of rotatable bonds is 2. The average Bonchev–Trinajstić information content (AvgIpc) is 2.33. The molecule has 0 radical (unpaired) electrons. The fourth-order valence-corrected chi connectivity index (χ4v) is 2.13. The molecule has 1 aliphatic carbocycles. The van der Waals surface area contributed by atoms with Crippen LogP contribution < -0.4 is 5.32 Å². The Morgan fingerprint density at radius 1 is 1.38 bits per heavy atom. The van der Waals surface area contributed by atoms with Gasteiger partial charge in [0.05, 0.1) is 11.8 Å². The minimum Gasteiger partial charge on any atom is -0.365 e. The van der Waals surface area contributed by atoms with Crippen molar-refractivity contribution in [3.05, 3.63) is 17.8 Å². The van der Waals surface area contributed by atoms with Crippen molar-refractivity contribution in [1.82, 2.24) is 10.2 Å². The number of nitrogens with one attached hydrogen (secondary N) is 1. The molecule has 0 spiro atoms. The Hall–Kier alpha value is -1.63. The first-order valence-corrected chi connectivity index (χ1v) is 5.78. The van der Waals surface area contributed by atoms with E-state index in [0.29, 0.717) is 17.4 Å². The standard InChI is InChI=1S/C12H16N4/c1-9-2-4-11(5-3-9)15-12-10(8-13)6-7-14-16-12/h6-7,9,11H,2-5H2,1H3,(H,15,16). The van der Waals surface area contributed by atoms with Crippen LogP contribution in [0.15, 0.2) is 12.3 Å². The fraction of sp³-hybridized carbons (Fsp3) is 0.583. The van der Waals surface area contributed by atoms with Gasteiger partial charge in [0, 0.05) is 6.04 Å². The molecule has 2 rings (SSSR count). The molecule has 1 aliphatic rings. The van der Waals surface area contributed by atoms with Gasteiger partial charge in [0.25, 0.3) is 0 Å². The van der Waals surface area contributed by atoms with Crippen molar-refractivity contribution in [3.63, 3.8) is 0 Å². The monoisotopic (exact) mass is 216 g/mol. The number of nitrogens with zero attached hydrogens (tertiary/aromatic N) is 3. The number of anilines is 1. The van der Waals surface area contributed by atoms with Gasteiger partial charge in [-0.2, -0.15) is 10.4 Å². The minimum absolute atomic E-state index is 0.444. The summed E-state index contributed by atoms with van der Waals surface area (Å²) < 4.78 is 0. The normalized spacial score (nSPS) is 24.8. The molecule has 1 aromatic heterocycles. The predicted molar refractivity (Wildman–Crippen MR) is 61.8 cm³/mol. The molecule has 1 fully saturated rings. The van der Waals surface area contributed by atoms with Crippen molar-refractivity contribution in [2.45, 2.75) is 38.6 Å². The van der Waals surface area contributed by atoms with E-state index >= 15 is 0 Å². The Morgan fingerprint density at radius 2 is 2.12 bits per heavy atom. The van der Waals surface area contributed by atoms with Gasteiger partial charge in [-0.25, -0.2) is 0 Å². The number of aromatic nitrogens is 2.